The number of likely N-dealkylation sites (N-methyl/N-ethyl adjacent to an activating group) is 1. The molecule has 4 aliphatic heterocycles. The van der Waals surface area contributed by atoms with Crippen LogP contribution in [0.5, 0.6) is 11.5 Å². The Balaban J connectivity index is 0.00000503. The van der Waals surface area contributed by atoms with Gasteiger partial charge in [-0.2, -0.15) is 0 Å². The van der Waals surface area contributed by atoms with Gasteiger partial charge in [0.2, 0.25) is 53.2 Å². The average Bonchev–Trinajstić information content (AvgIpc) is 1.57. The molecule has 0 spiro atoms. The molecule has 4 aromatic rings. The van der Waals surface area contributed by atoms with Gasteiger partial charge in [-0.05, 0) is 157 Å². The predicted molar refractivity (Wildman–Crippen MR) is 494 cm³/mol. The fourth-order valence-electron chi connectivity index (χ4n) is 15.2. The summed E-state index contributed by atoms with van der Waals surface area (Å²) < 4.78 is 29.0. The van der Waals surface area contributed by atoms with Crippen molar-refractivity contribution in [1.82, 2.24) is 42.1 Å². The molecular weight excluding hydrogens is 1760 g/mol. The number of alkyl carbamates (subject to hydrolysis) is 1. The molecule has 10 amide bonds. The fraction of sp³-hybridized carbons (Fsp3) is 0.522. The van der Waals surface area contributed by atoms with E-state index in [-0.39, 0.29) is 91.7 Å². The maximum Gasteiger partial charge on any atom is 0.409 e. The third kappa shape index (κ3) is 30.1. The minimum atomic E-state index is -1.95. The zero-order valence-corrected chi connectivity index (χ0v) is 78.4. The maximum absolute atomic E-state index is 15.2. The Morgan fingerprint density at radius 2 is 1.53 bits per heavy atom. The van der Waals surface area contributed by atoms with Gasteiger partial charge in [0, 0.05) is 87.7 Å². The van der Waals surface area contributed by atoms with Gasteiger partial charge in [0.05, 0.1) is 43.5 Å². The lowest BCUT2D eigenvalue weighted by molar-refractivity contribution is -0.162. The molecule has 1 aliphatic carbocycles. The number of fused-ring (bicyclic) bond motifs is 6. The van der Waals surface area contributed by atoms with Crippen LogP contribution in [0.15, 0.2) is 121 Å². The molecule has 704 valence electrons. The van der Waals surface area contributed by atoms with Crippen molar-refractivity contribution in [2.24, 2.45) is 29.0 Å². The standard InChI is InChI=1S/C88H117ClN12O20S4.C2H4O2/c1-48-20-19-26-70(118-11)88(116)44-69(119-85(115)99-88)49(2)76-87(7,121-76)71(43-73(106)101(9)66-39-54(36-48)40-68(117-10)74(66)89)120-84(114)50(3)100(8)72(105)33-34-86(5,6)125-124-46-64(77(92)107)96-82(112)65-47-123-122-45-63(95-79(109)60(91)38-52-21-13-12-14-22-52)67(104)42-57(37-53-27-31-58(103)32-28-53)78(108)94-62(41-56-30-29-55-23-15-16-24-59(55)56)81(111)93-61(25-17-18-35-90)80(110)98-75(51(4)102)83(113)97-65;1-2(3)4/h12-16,19-24,26-28,30-32,39-40,49-51,57,60-65,69-71,75-76,102-103,116H,17-18,25,29,33-38,41-47,90-91H2,1-11H3,(H2,92,107)(H,93,111)(H,94,108)(H,95,109)(H,96,112)(H,97,113)(H,98,110)(H,99,115);1H3,(H,3,4)/b26-19+,48-20+;/t49-,50+,51-,57-,60-,61+,62-,63+,64+,65+,69+,70-,71+,75+,76+,87+,88+;/m1./s1. The minimum absolute atomic E-state index is 0.0373. The third-order valence-electron chi connectivity index (χ3n) is 23.0. The largest absolute Gasteiger partial charge is 0.508 e. The number of unbranched alkanes of at least 4 members (excludes halogenated alkanes) is 1. The Morgan fingerprint density at radius 3 is 2.20 bits per heavy atom. The minimum Gasteiger partial charge on any atom is -0.508 e. The van der Waals surface area contributed by atoms with E-state index in [0.29, 0.717) is 36.1 Å². The van der Waals surface area contributed by atoms with E-state index in [4.69, 9.17) is 62.4 Å². The molecule has 0 radical (unpaired) electrons. The van der Waals surface area contributed by atoms with Crippen LogP contribution in [0.4, 0.5) is 10.5 Å². The quantitative estimate of drug-likeness (QED) is 0.0135. The van der Waals surface area contributed by atoms with Crippen molar-refractivity contribution in [2.75, 3.05) is 57.0 Å². The first-order valence-electron chi connectivity index (χ1n) is 42.5. The van der Waals surface area contributed by atoms with Crippen molar-refractivity contribution in [3.05, 3.63) is 154 Å². The lowest BCUT2D eigenvalue weighted by Gasteiger charge is -2.42. The molecule has 39 heteroatoms. The van der Waals surface area contributed by atoms with E-state index in [1.807, 2.05) is 57.2 Å². The molecule has 4 aromatic carbocycles. The topological polar surface area (TPSA) is 521 Å². The fourth-order valence-corrected chi connectivity index (χ4v) is 20.7. The number of anilines is 1. The van der Waals surface area contributed by atoms with E-state index in [1.165, 1.54) is 74.9 Å². The number of hydrogen-bond acceptors (Lipinski definition) is 27. The molecule has 0 saturated carbocycles. The molecule has 129 heavy (non-hydrogen) atoms. The zero-order chi connectivity index (χ0) is 94.9. The molecule has 3 saturated heterocycles. The number of rotatable bonds is 28. The summed E-state index contributed by atoms with van der Waals surface area (Å²) in [6.45, 7) is 12.9. The number of phenols is 1. The summed E-state index contributed by atoms with van der Waals surface area (Å²) >= 11 is 6.91. The van der Waals surface area contributed by atoms with Crippen molar-refractivity contribution in [2.45, 2.75) is 234 Å². The van der Waals surface area contributed by atoms with Crippen LogP contribution < -0.4 is 64.1 Å². The van der Waals surface area contributed by atoms with E-state index in [1.54, 1.807) is 80.6 Å². The molecule has 17 atom stereocenters. The highest BCUT2D eigenvalue weighted by Crippen LogP contribution is 2.50. The highest BCUT2D eigenvalue weighted by molar-refractivity contribution is 8.77. The smallest absolute Gasteiger partial charge is 0.409 e. The molecular formula is C90H121ClN12O22S4. The number of ketones is 1. The number of carboxylic acids is 1. The van der Waals surface area contributed by atoms with E-state index >= 15 is 14.4 Å². The van der Waals surface area contributed by atoms with Crippen LogP contribution in [0.1, 0.15) is 141 Å². The Kier molecular flexibility index (Phi) is 39.3. The number of benzene rings is 4. The molecule has 4 bridgehead atoms. The van der Waals surface area contributed by atoms with Crippen molar-refractivity contribution in [1.29, 1.82) is 0 Å². The number of Topliss-reactive ketones (excluding diaryl/α,β-unsaturated/α-hetero) is 1. The van der Waals surface area contributed by atoms with Gasteiger partial charge in [0.15, 0.2) is 11.5 Å². The Morgan fingerprint density at radius 1 is 0.868 bits per heavy atom. The van der Waals surface area contributed by atoms with Gasteiger partial charge in [0.1, 0.15) is 76.7 Å². The van der Waals surface area contributed by atoms with Crippen LogP contribution in [0, 0.1) is 11.8 Å². The SMILES string of the molecule is CC(=O)O.COc1cc2cc(c1Cl)N(C)C(=O)C[C@H](OC(=O)[C@H](C)N(C)C(=O)CCC(C)(C)SSC[C@H](NC(=O)[C@@H]1CSSC[C@H](NC(=O)[C@H](N)Cc3ccccc3)C(=O)C[C@@H](Cc3ccc(O)cc3)C(=O)N[C@H](CC3=CCc4ccccc43)C(=O)N[C@@H](CCCCN)C(=O)N[C@@H]([C@@H](C)O)C(=O)N1)C(N)=O)[C@]1(C)O[C@H]1[C@H](C)[C@@H]1C[C@@](O)(NC(=O)O1)[C@H](OC)/C=C/C=C(\C)C2. The number of aromatic hydroxyl groups is 1. The van der Waals surface area contributed by atoms with Crippen LogP contribution in [0.3, 0.4) is 0 Å². The predicted octanol–water partition coefficient (Wildman–Crippen LogP) is 5.97. The van der Waals surface area contributed by atoms with Gasteiger partial charge in [-0.25, -0.2) is 9.59 Å². The summed E-state index contributed by atoms with van der Waals surface area (Å²) in [4.78, 5) is 186. The summed E-state index contributed by atoms with van der Waals surface area (Å²) in [6.07, 6.45) is 0.706. The number of allylic oxidation sites excluding steroid dienone is 4. The number of carbonyl (C=O) groups excluding carboxylic acids is 12. The molecule has 0 aromatic heterocycles. The first-order chi connectivity index (χ1) is 61.0. The maximum atomic E-state index is 15.2. The second-order valence-corrected chi connectivity index (χ2v) is 39.6. The van der Waals surface area contributed by atoms with Crippen LogP contribution in [0.25, 0.3) is 5.57 Å². The Bertz CT molecular complexity index is 4760. The first kappa shape index (κ1) is 105. The van der Waals surface area contributed by atoms with Crippen molar-refractivity contribution in [3.63, 3.8) is 0 Å². The summed E-state index contributed by atoms with van der Waals surface area (Å²) in [7, 11) is 10.1. The average molecular weight is 1890 g/mol. The normalized spacial score (nSPS) is 26.0. The number of carboxylic acid groups (broad SMARTS) is 1. The molecule has 0 unspecified atom stereocenters. The molecule has 4 heterocycles. The van der Waals surface area contributed by atoms with E-state index in [9.17, 15) is 58.5 Å². The Labute approximate surface area is 771 Å². The third-order valence-corrected chi connectivity index (χ3v) is 29.2. The Hall–Kier alpha value is -9.74. The van der Waals surface area contributed by atoms with Crippen molar-refractivity contribution < 1.29 is 106 Å². The first-order valence-corrected chi connectivity index (χ1v) is 47.6. The summed E-state index contributed by atoms with van der Waals surface area (Å²) in [5.74, 6) is -12.0. The number of aliphatic hydroxyl groups is 2. The number of ether oxygens (including phenoxy) is 5. The number of nitrogens with zero attached hydrogens (tertiary/aromatic N) is 2. The van der Waals surface area contributed by atoms with Gasteiger partial charge in [-0.15, -0.1) is 0 Å². The molecule has 5 aliphatic rings. The number of aliphatic carboxylic acids is 1. The van der Waals surface area contributed by atoms with Gasteiger partial charge < -0.3 is 103 Å². The molecule has 34 nitrogen and oxygen atoms in total. The highest BCUT2D eigenvalue weighted by atomic mass is 35.5. The molecule has 9 rings (SSSR count). The number of phenolic OH excluding ortho intramolecular Hbond substituents is 1. The van der Waals surface area contributed by atoms with Crippen molar-refractivity contribution >= 4 is 143 Å². The van der Waals surface area contributed by atoms with Gasteiger partial charge >= 0.3 is 12.1 Å². The number of aliphatic hydroxyl groups excluding tert-OH is 1. The van der Waals surface area contributed by atoms with E-state index in [0.717, 1.165) is 67.1 Å². The zero-order valence-electron chi connectivity index (χ0n) is 74.4. The van der Waals surface area contributed by atoms with Crippen LogP contribution in [-0.4, -0.2) is 249 Å². The number of esters is 1. The number of nitrogens with two attached hydrogens (primary N) is 3. The lowest BCUT2D eigenvalue weighted by atomic mass is 9.83. The lowest BCUT2D eigenvalue weighted by Crippen LogP contribution is -2.63. The second kappa shape index (κ2) is 48.4. The van der Waals surface area contributed by atoms with Crippen LogP contribution >= 0.6 is 54.8 Å². The number of primary amides is 1. The van der Waals surface area contributed by atoms with Crippen LogP contribution in [0.2, 0.25) is 5.02 Å². The number of hydrogen-bond donors (Lipinski definition) is 14. The van der Waals surface area contributed by atoms with Gasteiger partial charge in [0.25, 0.3) is 5.97 Å². The van der Waals surface area contributed by atoms with Crippen molar-refractivity contribution in [3.8, 4) is 11.5 Å². The molecule has 17 N–H and O–H groups in total. The second-order valence-electron chi connectivity index (χ2n) is 33.7. The summed E-state index contributed by atoms with van der Waals surface area (Å²) in [5, 5.41) is 60.1. The van der Waals surface area contributed by atoms with E-state index < -0.39 is 197 Å². The van der Waals surface area contributed by atoms with Crippen LogP contribution in [-0.2, 0) is 102 Å². The summed E-state index contributed by atoms with van der Waals surface area (Å²) in [5.41, 5.74) is 20.7. The summed E-state index contributed by atoms with van der Waals surface area (Å²) in [6, 6.07) is 14.5. The van der Waals surface area contributed by atoms with Gasteiger partial charge in [-0.1, -0.05) is 158 Å². The number of nitrogens with one attached hydrogen (secondary N) is 7. The number of epoxide rings is 1. The number of amides is 10. The highest BCUT2D eigenvalue weighted by Gasteiger charge is 2.65. The van der Waals surface area contributed by atoms with E-state index in [2.05, 4.69) is 37.2 Å². The number of halogens is 1. The number of methoxy groups -OCH3 is 2. The van der Waals surface area contributed by atoms with Gasteiger partial charge in [-0.3, -0.25) is 58.1 Å². The number of carbonyl (C=O) groups is 13. The molecule has 3 fully saturated rings. The monoisotopic (exact) mass is 1880 g/mol.